The van der Waals surface area contributed by atoms with Gasteiger partial charge in [0.15, 0.2) is 0 Å². The number of carbonyl (C=O) groups excluding carboxylic acids is 1. The summed E-state index contributed by atoms with van der Waals surface area (Å²) < 4.78 is 0. The van der Waals surface area contributed by atoms with E-state index in [1.165, 1.54) is 0 Å². The second kappa shape index (κ2) is 6.98. The molecule has 0 atom stereocenters. The van der Waals surface area contributed by atoms with Crippen LogP contribution in [-0.4, -0.2) is 57.7 Å². The van der Waals surface area contributed by atoms with Gasteiger partial charge in [-0.3, -0.25) is 0 Å². The SMILES string of the molecule is CC(C)(C)CCCC=O.[KH]. The Hall–Kier alpha value is 1.31. The first-order chi connectivity index (χ1) is 4.06. The maximum atomic E-state index is 9.89. The molecule has 0 unspecified atom stereocenters. The van der Waals surface area contributed by atoms with Crippen LogP contribution in [0.5, 0.6) is 0 Å². The number of aldehydes is 1. The van der Waals surface area contributed by atoms with Gasteiger partial charge in [-0.2, -0.15) is 0 Å². The fourth-order valence-corrected chi connectivity index (χ4v) is 0.716. The minimum atomic E-state index is 0. The van der Waals surface area contributed by atoms with E-state index < -0.39 is 0 Å². The summed E-state index contributed by atoms with van der Waals surface area (Å²) in [6, 6.07) is 0. The fourth-order valence-electron chi connectivity index (χ4n) is 0.716. The zero-order chi connectivity index (χ0) is 7.33. The molecule has 2 heteroatoms. The van der Waals surface area contributed by atoms with E-state index in [-0.39, 0.29) is 51.4 Å². The van der Waals surface area contributed by atoms with Crippen molar-refractivity contribution in [3.8, 4) is 0 Å². The number of hydrogen-bond donors (Lipinski definition) is 0. The summed E-state index contributed by atoms with van der Waals surface area (Å²) in [5.74, 6) is 0. The Balaban J connectivity index is 0. The quantitative estimate of drug-likeness (QED) is 0.356. The molecule has 0 amide bonds. The monoisotopic (exact) mass is 168 g/mol. The minimum absolute atomic E-state index is 0. The molecule has 1 nitrogen and oxygen atoms in total. The molecule has 0 spiro atoms. The second-order valence-corrected chi connectivity index (χ2v) is 3.62. The van der Waals surface area contributed by atoms with Gasteiger partial charge in [0.2, 0.25) is 0 Å². The Bertz CT molecular complexity index is 83.7. The molecule has 0 saturated heterocycles. The summed E-state index contributed by atoms with van der Waals surface area (Å²) in [7, 11) is 0. The van der Waals surface area contributed by atoms with Gasteiger partial charge < -0.3 is 4.79 Å². The predicted octanol–water partition coefficient (Wildman–Crippen LogP) is 1.75. The van der Waals surface area contributed by atoms with E-state index in [4.69, 9.17) is 0 Å². The van der Waals surface area contributed by atoms with E-state index in [0.717, 1.165) is 25.5 Å². The van der Waals surface area contributed by atoms with Crippen LogP contribution in [0, 0.1) is 5.41 Å². The van der Waals surface area contributed by atoms with Gasteiger partial charge in [-0.25, -0.2) is 0 Å². The van der Waals surface area contributed by atoms with Crippen LogP contribution in [0.3, 0.4) is 0 Å². The molecule has 0 aliphatic carbocycles. The van der Waals surface area contributed by atoms with Gasteiger partial charge in [0.1, 0.15) is 6.29 Å². The van der Waals surface area contributed by atoms with E-state index in [0.29, 0.717) is 5.41 Å². The Morgan fingerprint density at radius 2 is 1.80 bits per heavy atom. The Morgan fingerprint density at radius 3 is 2.10 bits per heavy atom. The average molecular weight is 168 g/mol. The summed E-state index contributed by atoms with van der Waals surface area (Å²) in [6.07, 6.45) is 3.89. The van der Waals surface area contributed by atoms with Crippen LogP contribution in [0.2, 0.25) is 0 Å². The molecular formula is C8H17KO. The van der Waals surface area contributed by atoms with Crippen LogP contribution in [0.1, 0.15) is 40.0 Å². The molecule has 0 aliphatic rings. The van der Waals surface area contributed by atoms with E-state index in [1.54, 1.807) is 0 Å². The summed E-state index contributed by atoms with van der Waals surface area (Å²) in [5.41, 5.74) is 0.392. The summed E-state index contributed by atoms with van der Waals surface area (Å²) in [6.45, 7) is 6.58. The van der Waals surface area contributed by atoms with Gasteiger partial charge in [0.25, 0.3) is 0 Å². The van der Waals surface area contributed by atoms with Crippen LogP contribution >= 0.6 is 0 Å². The first-order valence-electron chi connectivity index (χ1n) is 3.50. The first kappa shape index (κ1) is 13.9. The van der Waals surface area contributed by atoms with Gasteiger partial charge in [-0.1, -0.05) is 20.8 Å². The van der Waals surface area contributed by atoms with Gasteiger partial charge in [-0.15, -0.1) is 0 Å². The van der Waals surface area contributed by atoms with E-state index in [1.807, 2.05) is 0 Å². The van der Waals surface area contributed by atoms with Crippen LogP contribution in [-0.2, 0) is 4.79 Å². The molecule has 0 saturated carbocycles. The normalized spacial score (nSPS) is 10.3. The Morgan fingerprint density at radius 1 is 1.30 bits per heavy atom. The van der Waals surface area contributed by atoms with Gasteiger partial charge in [0, 0.05) is 6.42 Å². The predicted molar refractivity (Wildman–Crippen MR) is 46.5 cm³/mol. The van der Waals surface area contributed by atoms with Gasteiger partial charge >= 0.3 is 51.4 Å². The molecule has 10 heavy (non-hydrogen) atoms. The molecule has 0 aromatic rings. The number of rotatable bonds is 3. The van der Waals surface area contributed by atoms with Crippen molar-refractivity contribution in [2.24, 2.45) is 5.41 Å². The van der Waals surface area contributed by atoms with Gasteiger partial charge in [0.05, 0.1) is 0 Å². The van der Waals surface area contributed by atoms with Crippen molar-refractivity contribution in [2.45, 2.75) is 40.0 Å². The fraction of sp³-hybridized carbons (Fsp3) is 0.875. The van der Waals surface area contributed by atoms with E-state index in [9.17, 15) is 4.79 Å². The molecule has 0 heterocycles. The topological polar surface area (TPSA) is 17.1 Å². The van der Waals surface area contributed by atoms with Crippen LogP contribution in [0.25, 0.3) is 0 Å². The molecule has 0 aromatic heterocycles. The van der Waals surface area contributed by atoms with E-state index >= 15 is 0 Å². The van der Waals surface area contributed by atoms with Crippen LogP contribution in [0.4, 0.5) is 0 Å². The third-order valence-corrected chi connectivity index (χ3v) is 1.25. The zero-order valence-corrected chi connectivity index (χ0v) is 6.61. The molecule has 56 valence electrons. The molecule has 0 aliphatic heterocycles. The molecule has 0 aromatic carbocycles. The third-order valence-electron chi connectivity index (χ3n) is 1.25. The molecular weight excluding hydrogens is 151 g/mol. The summed E-state index contributed by atoms with van der Waals surface area (Å²) in [5, 5.41) is 0. The van der Waals surface area contributed by atoms with Crippen molar-refractivity contribution in [2.75, 3.05) is 0 Å². The molecule has 0 rings (SSSR count). The Labute approximate surface area is 106 Å². The molecule has 0 radical (unpaired) electrons. The van der Waals surface area contributed by atoms with Crippen molar-refractivity contribution in [1.29, 1.82) is 0 Å². The summed E-state index contributed by atoms with van der Waals surface area (Å²) >= 11 is 0. The number of carbonyl (C=O) groups is 1. The zero-order valence-electron chi connectivity index (χ0n) is 6.61. The first-order valence-corrected chi connectivity index (χ1v) is 3.50. The Kier molecular flexibility index (Phi) is 9.68. The third kappa shape index (κ3) is 12.0. The second-order valence-electron chi connectivity index (χ2n) is 3.62. The van der Waals surface area contributed by atoms with Crippen LogP contribution in [0.15, 0.2) is 0 Å². The molecule has 0 bridgehead atoms. The van der Waals surface area contributed by atoms with Crippen molar-refractivity contribution in [3.63, 3.8) is 0 Å². The summed E-state index contributed by atoms with van der Waals surface area (Å²) in [4.78, 5) is 9.89. The standard InChI is InChI=1S/C8H16O.K.H/c1-8(2,3)6-4-5-7-9;;/h7H,4-6H2,1-3H3;;. The number of hydrogen-bond acceptors (Lipinski definition) is 1. The average Bonchev–Trinajstić information content (AvgIpc) is 1.63. The van der Waals surface area contributed by atoms with Crippen molar-refractivity contribution < 1.29 is 4.79 Å². The van der Waals surface area contributed by atoms with Crippen molar-refractivity contribution >= 4 is 57.7 Å². The maximum absolute atomic E-state index is 9.89. The van der Waals surface area contributed by atoms with E-state index in [2.05, 4.69) is 20.8 Å². The van der Waals surface area contributed by atoms with Crippen molar-refractivity contribution in [1.82, 2.24) is 0 Å². The van der Waals surface area contributed by atoms with Gasteiger partial charge in [-0.05, 0) is 18.3 Å². The number of unbranched alkanes of at least 4 members (excludes halogenated alkanes) is 1. The van der Waals surface area contributed by atoms with Crippen LogP contribution < -0.4 is 0 Å². The van der Waals surface area contributed by atoms with Crippen molar-refractivity contribution in [3.05, 3.63) is 0 Å². The molecule has 0 N–H and O–H groups in total. The molecule has 0 fully saturated rings.